The maximum Gasteiger partial charge on any atom is 0.169 e. The molecule has 3 aromatic heterocycles. The highest BCUT2D eigenvalue weighted by molar-refractivity contribution is 7.15. The Balaban J connectivity index is 1.36. The van der Waals surface area contributed by atoms with Gasteiger partial charge in [-0.3, -0.25) is 14.8 Å². The maximum atomic E-state index is 11.9. The number of hydrogen-bond donors (Lipinski definition) is 1. The zero-order chi connectivity index (χ0) is 21.6. The molecule has 7 heteroatoms. The number of carbonyl (C=O) groups is 1. The van der Waals surface area contributed by atoms with Crippen LogP contribution in [0.4, 0.5) is 0 Å². The van der Waals surface area contributed by atoms with Gasteiger partial charge in [-0.1, -0.05) is 5.92 Å². The van der Waals surface area contributed by atoms with Crippen molar-refractivity contribution in [1.82, 2.24) is 25.1 Å². The van der Waals surface area contributed by atoms with Gasteiger partial charge in [0.2, 0.25) is 0 Å². The molecule has 1 aliphatic carbocycles. The number of hydrogen-bond acceptors (Lipinski definition) is 6. The molecule has 1 N–H and O–H groups in total. The summed E-state index contributed by atoms with van der Waals surface area (Å²) in [5.74, 6) is 4.31. The topological polar surface area (TPSA) is 74.8 Å². The number of aromatic amines is 1. The van der Waals surface area contributed by atoms with E-state index < -0.39 is 0 Å². The van der Waals surface area contributed by atoms with E-state index in [2.05, 4.69) is 58.0 Å². The van der Waals surface area contributed by atoms with Crippen molar-refractivity contribution in [3.8, 4) is 23.0 Å². The van der Waals surface area contributed by atoms with Crippen LogP contribution in [-0.4, -0.2) is 42.9 Å². The van der Waals surface area contributed by atoms with Crippen LogP contribution in [0.1, 0.15) is 66.6 Å². The number of likely N-dealkylation sites (tertiary alicyclic amines) is 1. The van der Waals surface area contributed by atoms with Crippen molar-refractivity contribution in [2.45, 2.75) is 57.5 Å². The molecule has 2 fully saturated rings. The summed E-state index contributed by atoms with van der Waals surface area (Å²) in [6, 6.07) is 6.29. The van der Waals surface area contributed by atoms with Crippen molar-refractivity contribution >= 4 is 17.1 Å². The summed E-state index contributed by atoms with van der Waals surface area (Å²) >= 11 is 1.67. The molecule has 0 bridgehead atoms. The lowest BCUT2D eigenvalue weighted by Crippen LogP contribution is -2.37. The lowest BCUT2D eigenvalue weighted by Gasteiger charge is -2.29. The van der Waals surface area contributed by atoms with E-state index >= 15 is 0 Å². The molecule has 4 heterocycles. The Hall–Kier alpha value is -2.82. The average Bonchev–Trinajstić information content (AvgIpc) is 3.18. The van der Waals surface area contributed by atoms with Crippen LogP contribution in [0.3, 0.4) is 0 Å². The number of ketones is 1. The predicted octanol–water partition coefficient (Wildman–Crippen LogP) is 3.93. The number of nitrogens with zero attached hydrogens (tertiary/aromatic N) is 4. The Bertz CT molecular complexity index is 1180. The molecule has 0 amide bonds. The van der Waals surface area contributed by atoms with Gasteiger partial charge in [0.15, 0.2) is 5.82 Å². The molecule has 3 aromatic rings. The molecule has 0 spiro atoms. The van der Waals surface area contributed by atoms with Crippen LogP contribution < -0.4 is 0 Å². The van der Waals surface area contributed by atoms with Crippen LogP contribution in [0, 0.1) is 12.3 Å². The van der Waals surface area contributed by atoms with Crippen LogP contribution >= 0.6 is 11.3 Å². The first kappa shape index (κ1) is 20.1. The third kappa shape index (κ3) is 4.18. The second kappa shape index (κ2) is 7.70. The number of nitrogens with one attached hydrogen (secondary N) is 1. The summed E-state index contributed by atoms with van der Waals surface area (Å²) in [5, 5.41) is 7.57. The van der Waals surface area contributed by atoms with E-state index in [-0.39, 0.29) is 5.54 Å². The molecule has 31 heavy (non-hydrogen) atoms. The summed E-state index contributed by atoms with van der Waals surface area (Å²) in [7, 11) is 0. The van der Waals surface area contributed by atoms with Gasteiger partial charge in [0.25, 0.3) is 0 Å². The van der Waals surface area contributed by atoms with Gasteiger partial charge in [-0.25, -0.2) is 9.97 Å². The van der Waals surface area contributed by atoms with Gasteiger partial charge >= 0.3 is 0 Å². The highest BCUT2D eigenvalue weighted by atomic mass is 32.1. The third-order valence-corrected chi connectivity index (χ3v) is 7.18. The van der Waals surface area contributed by atoms with Crippen molar-refractivity contribution in [2.24, 2.45) is 0 Å². The van der Waals surface area contributed by atoms with Crippen molar-refractivity contribution in [3.63, 3.8) is 0 Å². The maximum absolute atomic E-state index is 11.9. The standard InChI is InChI=1S/C24H25N5OS/c1-4-15-12-25-23(26-20(15)9-17-10-21(28-27-17)16-5-6-16)22-8-7-19(31-22)14-29-13-18(30)11-24(29,2)3/h1,7-8,10,12,16H,5-6,9,11,13-14H2,2-3H3,(H,27,28). The van der Waals surface area contributed by atoms with Gasteiger partial charge in [-0.05, 0) is 44.9 Å². The minimum atomic E-state index is -0.0945. The second-order valence-electron chi connectivity index (χ2n) is 9.12. The predicted molar refractivity (Wildman–Crippen MR) is 121 cm³/mol. The molecule has 1 aliphatic heterocycles. The monoisotopic (exact) mass is 431 g/mol. The fourth-order valence-corrected chi connectivity index (χ4v) is 5.11. The third-order valence-electron chi connectivity index (χ3n) is 6.11. The normalized spacial score (nSPS) is 18.4. The Labute approximate surface area is 186 Å². The molecule has 0 unspecified atom stereocenters. The van der Waals surface area contributed by atoms with E-state index in [1.807, 2.05) is 0 Å². The van der Waals surface area contributed by atoms with Crippen LogP contribution in [0.25, 0.3) is 10.7 Å². The molecule has 2 aliphatic rings. The Morgan fingerprint density at radius 1 is 1.35 bits per heavy atom. The first-order valence-electron chi connectivity index (χ1n) is 10.6. The summed E-state index contributed by atoms with van der Waals surface area (Å²) in [4.78, 5) is 25.7. The first-order chi connectivity index (χ1) is 14.9. The largest absolute Gasteiger partial charge is 0.298 e. The Morgan fingerprint density at radius 2 is 2.19 bits per heavy atom. The molecule has 1 saturated heterocycles. The fourth-order valence-electron chi connectivity index (χ4n) is 4.15. The fraction of sp³-hybridized carbons (Fsp3) is 0.417. The molecule has 1 saturated carbocycles. The van der Waals surface area contributed by atoms with Gasteiger partial charge < -0.3 is 0 Å². The van der Waals surface area contributed by atoms with E-state index in [1.165, 1.54) is 17.7 Å². The molecule has 0 radical (unpaired) electrons. The van der Waals surface area contributed by atoms with Gasteiger partial charge in [0.1, 0.15) is 5.78 Å². The van der Waals surface area contributed by atoms with Crippen molar-refractivity contribution in [3.05, 3.63) is 51.9 Å². The van der Waals surface area contributed by atoms with Gasteiger partial charge in [-0.15, -0.1) is 17.8 Å². The number of thiophene rings is 1. The number of rotatable bonds is 6. The lowest BCUT2D eigenvalue weighted by molar-refractivity contribution is -0.117. The number of carbonyl (C=O) groups excluding carboxylic acids is 1. The van der Waals surface area contributed by atoms with E-state index in [0.29, 0.717) is 42.5 Å². The summed E-state index contributed by atoms with van der Waals surface area (Å²) < 4.78 is 0. The molecule has 6 nitrogen and oxygen atoms in total. The summed E-state index contributed by atoms with van der Waals surface area (Å²) in [6.45, 7) is 5.54. The quantitative estimate of drug-likeness (QED) is 0.599. The smallest absolute Gasteiger partial charge is 0.169 e. The molecule has 0 aromatic carbocycles. The van der Waals surface area contributed by atoms with Crippen molar-refractivity contribution in [2.75, 3.05) is 6.54 Å². The van der Waals surface area contributed by atoms with Crippen molar-refractivity contribution in [1.29, 1.82) is 0 Å². The molecular formula is C24H25N5OS. The van der Waals surface area contributed by atoms with E-state index in [1.54, 1.807) is 17.5 Å². The highest BCUT2D eigenvalue weighted by Gasteiger charge is 2.37. The van der Waals surface area contributed by atoms with Crippen LogP contribution in [0.15, 0.2) is 24.4 Å². The lowest BCUT2D eigenvalue weighted by atomic mass is 10.0. The number of H-pyrrole nitrogens is 1. The first-order valence-corrected chi connectivity index (χ1v) is 11.5. The van der Waals surface area contributed by atoms with Crippen LogP contribution in [0.5, 0.6) is 0 Å². The van der Waals surface area contributed by atoms with Gasteiger partial charge in [-0.2, -0.15) is 5.10 Å². The molecular weight excluding hydrogens is 406 g/mol. The average molecular weight is 432 g/mol. The summed E-state index contributed by atoms with van der Waals surface area (Å²) in [5.41, 5.74) is 3.61. The van der Waals surface area contributed by atoms with E-state index in [9.17, 15) is 4.79 Å². The van der Waals surface area contributed by atoms with Crippen LogP contribution in [-0.2, 0) is 17.8 Å². The zero-order valence-electron chi connectivity index (χ0n) is 17.8. The number of aromatic nitrogens is 4. The number of terminal acetylenes is 1. The summed E-state index contributed by atoms with van der Waals surface area (Å²) in [6.07, 6.45) is 11.1. The highest BCUT2D eigenvalue weighted by Crippen LogP contribution is 2.39. The van der Waals surface area contributed by atoms with Crippen molar-refractivity contribution < 1.29 is 4.79 Å². The molecule has 5 rings (SSSR count). The van der Waals surface area contributed by atoms with E-state index in [4.69, 9.17) is 11.4 Å². The SMILES string of the molecule is C#Cc1cnc(-c2ccc(CN3CC(=O)CC3(C)C)s2)nc1Cc1cc(C2CC2)n[nH]1. The minimum absolute atomic E-state index is 0.0945. The van der Waals surface area contributed by atoms with Gasteiger partial charge in [0.05, 0.1) is 28.4 Å². The van der Waals surface area contributed by atoms with E-state index in [0.717, 1.165) is 28.5 Å². The number of Topliss-reactive ketones (excluding diaryl/α,β-unsaturated/α-hetero) is 1. The Morgan fingerprint density at radius 3 is 2.90 bits per heavy atom. The van der Waals surface area contributed by atoms with Gasteiger partial charge in [0, 0.05) is 47.6 Å². The second-order valence-corrected chi connectivity index (χ2v) is 10.3. The minimum Gasteiger partial charge on any atom is -0.298 e. The zero-order valence-corrected chi connectivity index (χ0v) is 18.6. The van der Waals surface area contributed by atoms with Crippen LogP contribution in [0.2, 0.25) is 0 Å². The molecule has 0 atom stereocenters. The Kier molecular flexibility index (Phi) is 4.99. The molecule has 158 valence electrons.